The highest BCUT2D eigenvalue weighted by Gasteiger charge is 2.10. The maximum Gasteiger partial charge on any atom is 0.335 e. The second-order valence-corrected chi connectivity index (χ2v) is 5.80. The smallest absolute Gasteiger partial charge is 0.335 e. The van der Waals surface area contributed by atoms with Crippen molar-refractivity contribution in [3.8, 4) is 0 Å². The third-order valence-corrected chi connectivity index (χ3v) is 4.01. The molecule has 0 unspecified atom stereocenters. The summed E-state index contributed by atoms with van der Waals surface area (Å²) in [4.78, 5) is 19.7. The van der Waals surface area contributed by atoms with Gasteiger partial charge in [0.15, 0.2) is 4.34 Å². The quantitative estimate of drug-likeness (QED) is 0.910. The average Bonchev–Trinajstić information content (AvgIpc) is 2.82. The molecule has 2 aromatic rings. The van der Waals surface area contributed by atoms with Crippen LogP contribution < -0.4 is 0 Å². The number of carboxylic acids is 1. The van der Waals surface area contributed by atoms with Crippen LogP contribution in [0.15, 0.2) is 33.1 Å². The minimum atomic E-state index is -0.921. The number of rotatable bonds is 5. The highest BCUT2D eigenvalue weighted by Crippen LogP contribution is 2.28. The van der Waals surface area contributed by atoms with Gasteiger partial charge in [-0.05, 0) is 30.3 Å². The molecular weight excluding hydrogens is 268 g/mol. The summed E-state index contributed by atoms with van der Waals surface area (Å²) in [6.07, 6.45) is 3.45. The Hall–Kier alpha value is -1.40. The number of carbonyl (C=O) groups is 1. The molecule has 6 heteroatoms. The molecule has 18 heavy (non-hydrogen) atoms. The Balaban J connectivity index is 2.30. The molecule has 0 saturated carbocycles. The molecule has 0 amide bonds. The Morgan fingerprint density at radius 2 is 2.33 bits per heavy atom. The monoisotopic (exact) mass is 280 g/mol. The molecule has 0 aliphatic rings. The number of carboxylic acid groups (broad SMARTS) is 1. The first-order valence-corrected chi connectivity index (χ1v) is 7.20. The molecule has 0 atom stereocenters. The lowest BCUT2D eigenvalue weighted by molar-refractivity contribution is 0.0696. The van der Waals surface area contributed by atoms with Crippen LogP contribution in [-0.2, 0) is 6.42 Å². The second-order valence-electron chi connectivity index (χ2n) is 3.64. The van der Waals surface area contributed by atoms with Gasteiger partial charge < -0.3 is 5.11 Å². The normalized spacial score (nSPS) is 10.5. The van der Waals surface area contributed by atoms with Crippen LogP contribution in [0.2, 0.25) is 0 Å². The number of aromatic carboxylic acids is 1. The SMILES string of the molecule is CCCc1cc(C(=O)O)cc(Sc2nccs2)n1. The molecular formula is C12H12N2O2S2. The minimum absolute atomic E-state index is 0.285. The van der Waals surface area contributed by atoms with Gasteiger partial charge in [-0.25, -0.2) is 14.8 Å². The fraction of sp³-hybridized carbons (Fsp3) is 0.250. The van der Waals surface area contributed by atoms with Crippen molar-refractivity contribution in [3.63, 3.8) is 0 Å². The van der Waals surface area contributed by atoms with Crippen molar-refractivity contribution in [2.45, 2.75) is 29.1 Å². The van der Waals surface area contributed by atoms with Gasteiger partial charge in [-0.3, -0.25) is 0 Å². The van der Waals surface area contributed by atoms with Crippen LogP contribution in [0.4, 0.5) is 0 Å². The maximum atomic E-state index is 11.1. The zero-order chi connectivity index (χ0) is 13.0. The van der Waals surface area contributed by atoms with Gasteiger partial charge >= 0.3 is 5.97 Å². The van der Waals surface area contributed by atoms with Crippen molar-refractivity contribution in [1.29, 1.82) is 0 Å². The molecule has 0 radical (unpaired) electrons. The van der Waals surface area contributed by atoms with Gasteiger partial charge in [0.1, 0.15) is 5.03 Å². The Kier molecular flexibility index (Phi) is 4.33. The predicted octanol–water partition coefficient (Wildman–Crippen LogP) is 3.34. The number of pyridine rings is 1. The van der Waals surface area contributed by atoms with E-state index in [4.69, 9.17) is 5.11 Å². The van der Waals surface area contributed by atoms with Gasteiger partial charge in [-0.15, -0.1) is 11.3 Å². The molecule has 1 N–H and O–H groups in total. The van der Waals surface area contributed by atoms with Gasteiger partial charge in [-0.2, -0.15) is 0 Å². The summed E-state index contributed by atoms with van der Waals surface area (Å²) in [5.41, 5.74) is 1.10. The molecule has 0 bridgehead atoms. The van der Waals surface area contributed by atoms with Crippen LogP contribution in [0, 0.1) is 0 Å². The van der Waals surface area contributed by atoms with E-state index in [1.807, 2.05) is 12.3 Å². The van der Waals surface area contributed by atoms with Crippen molar-refractivity contribution in [1.82, 2.24) is 9.97 Å². The molecule has 0 aromatic carbocycles. The number of nitrogens with zero attached hydrogens (tertiary/aromatic N) is 2. The number of hydrogen-bond acceptors (Lipinski definition) is 5. The minimum Gasteiger partial charge on any atom is -0.478 e. The summed E-state index contributed by atoms with van der Waals surface area (Å²) in [5.74, 6) is -0.921. The molecule has 0 saturated heterocycles. The molecule has 2 heterocycles. The molecule has 2 aromatic heterocycles. The zero-order valence-electron chi connectivity index (χ0n) is 9.79. The summed E-state index contributed by atoms with van der Waals surface area (Å²) < 4.78 is 0.868. The first kappa shape index (κ1) is 13.0. The van der Waals surface area contributed by atoms with Crippen LogP contribution in [-0.4, -0.2) is 21.0 Å². The molecule has 4 nitrogen and oxygen atoms in total. The summed E-state index contributed by atoms with van der Waals surface area (Å²) >= 11 is 2.91. The number of aryl methyl sites for hydroxylation is 1. The standard InChI is InChI=1S/C12H12N2O2S2/c1-2-3-9-6-8(11(15)16)7-10(14-9)18-12-13-4-5-17-12/h4-7H,2-3H2,1H3,(H,15,16). The predicted molar refractivity (Wildman–Crippen MR) is 71.4 cm³/mol. The number of aromatic nitrogens is 2. The fourth-order valence-electron chi connectivity index (χ4n) is 1.47. The van der Waals surface area contributed by atoms with E-state index in [1.165, 1.54) is 23.1 Å². The Bertz CT molecular complexity index is 541. The fourth-order valence-corrected chi connectivity index (χ4v) is 3.09. The van der Waals surface area contributed by atoms with Crippen molar-refractivity contribution in [2.24, 2.45) is 0 Å². The molecule has 94 valence electrons. The molecule has 0 spiro atoms. The van der Waals surface area contributed by atoms with E-state index in [9.17, 15) is 4.79 Å². The van der Waals surface area contributed by atoms with Gasteiger partial charge in [0.2, 0.25) is 0 Å². The van der Waals surface area contributed by atoms with E-state index in [0.29, 0.717) is 5.03 Å². The molecule has 0 fully saturated rings. The number of thiazole rings is 1. The van der Waals surface area contributed by atoms with Crippen LogP contribution >= 0.6 is 23.1 Å². The van der Waals surface area contributed by atoms with Gasteiger partial charge in [0, 0.05) is 17.3 Å². The lowest BCUT2D eigenvalue weighted by Crippen LogP contribution is -2.01. The van der Waals surface area contributed by atoms with E-state index in [1.54, 1.807) is 18.3 Å². The van der Waals surface area contributed by atoms with Crippen molar-refractivity contribution < 1.29 is 9.90 Å². The van der Waals surface area contributed by atoms with E-state index < -0.39 is 5.97 Å². The lowest BCUT2D eigenvalue weighted by Gasteiger charge is -2.04. The molecule has 2 rings (SSSR count). The van der Waals surface area contributed by atoms with Crippen molar-refractivity contribution >= 4 is 29.1 Å². The maximum absolute atomic E-state index is 11.1. The average molecular weight is 280 g/mol. The lowest BCUT2D eigenvalue weighted by atomic mass is 10.2. The first-order chi connectivity index (χ1) is 8.69. The van der Waals surface area contributed by atoms with Crippen molar-refractivity contribution in [2.75, 3.05) is 0 Å². The summed E-state index contributed by atoms with van der Waals surface area (Å²) in [6.45, 7) is 2.04. The van der Waals surface area contributed by atoms with Crippen LogP contribution in [0.25, 0.3) is 0 Å². The number of hydrogen-bond donors (Lipinski definition) is 1. The highest BCUT2D eigenvalue weighted by atomic mass is 32.2. The van der Waals surface area contributed by atoms with Crippen LogP contribution in [0.3, 0.4) is 0 Å². The van der Waals surface area contributed by atoms with E-state index >= 15 is 0 Å². The Labute approximate surface area is 113 Å². The van der Waals surface area contributed by atoms with E-state index in [-0.39, 0.29) is 5.56 Å². The van der Waals surface area contributed by atoms with Gasteiger partial charge in [-0.1, -0.05) is 13.3 Å². The Morgan fingerprint density at radius 1 is 1.50 bits per heavy atom. The highest BCUT2D eigenvalue weighted by molar-refractivity contribution is 8.01. The summed E-state index contributed by atoms with van der Waals surface area (Å²) in [7, 11) is 0. The summed E-state index contributed by atoms with van der Waals surface area (Å²) in [5, 5.41) is 11.7. The third kappa shape index (κ3) is 3.30. The second kappa shape index (κ2) is 5.97. The van der Waals surface area contributed by atoms with Gasteiger partial charge in [0.25, 0.3) is 0 Å². The largest absolute Gasteiger partial charge is 0.478 e. The molecule has 0 aliphatic carbocycles. The third-order valence-electron chi connectivity index (χ3n) is 2.21. The van der Waals surface area contributed by atoms with E-state index in [0.717, 1.165) is 22.9 Å². The van der Waals surface area contributed by atoms with Crippen LogP contribution in [0.1, 0.15) is 29.4 Å². The topological polar surface area (TPSA) is 63.1 Å². The first-order valence-electron chi connectivity index (χ1n) is 5.50. The molecule has 0 aliphatic heterocycles. The van der Waals surface area contributed by atoms with Crippen LogP contribution in [0.5, 0.6) is 0 Å². The van der Waals surface area contributed by atoms with Gasteiger partial charge in [0.05, 0.1) is 5.56 Å². The zero-order valence-corrected chi connectivity index (χ0v) is 11.4. The van der Waals surface area contributed by atoms with Crippen molar-refractivity contribution in [3.05, 3.63) is 35.0 Å². The summed E-state index contributed by atoms with van der Waals surface area (Å²) in [6, 6.07) is 3.23. The Morgan fingerprint density at radius 3 is 2.94 bits per heavy atom. The van der Waals surface area contributed by atoms with E-state index in [2.05, 4.69) is 9.97 Å².